The van der Waals surface area contributed by atoms with Gasteiger partial charge in [-0.2, -0.15) is 0 Å². The van der Waals surface area contributed by atoms with Crippen molar-refractivity contribution in [1.82, 2.24) is 0 Å². The molecule has 0 aliphatic heterocycles. The maximum absolute atomic E-state index is 13.3. The lowest BCUT2D eigenvalue weighted by atomic mass is 10.00. The lowest BCUT2D eigenvalue weighted by Crippen LogP contribution is -2.14. The number of benzene rings is 2. The maximum Gasteiger partial charge on any atom is 0.175 e. The zero-order chi connectivity index (χ0) is 15.6. The summed E-state index contributed by atoms with van der Waals surface area (Å²) >= 11 is 3.37. The van der Waals surface area contributed by atoms with Gasteiger partial charge in [-0.15, -0.1) is 0 Å². The molecule has 0 saturated heterocycles. The summed E-state index contributed by atoms with van der Waals surface area (Å²) in [7, 11) is -3.21. The molecular weight excluding hydrogens is 357 g/mol. The molecular formula is C15H15BrFNO2S. The molecule has 0 spiro atoms. The van der Waals surface area contributed by atoms with Gasteiger partial charge < -0.3 is 5.73 Å². The summed E-state index contributed by atoms with van der Waals surface area (Å²) in [5, 5.41) is 0. The molecule has 0 aromatic heterocycles. The van der Waals surface area contributed by atoms with Gasteiger partial charge in [0, 0.05) is 16.8 Å². The molecule has 2 rings (SSSR count). The SMILES string of the molecule is CS(=O)(=O)c1ccc(C(N)Cc2cc(F)ccc2Br)cc1. The van der Waals surface area contributed by atoms with Crippen LogP contribution in [0.15, 0.2) is 51.8 Å². The molecule has 1 unspecified atom stereocenters. The van der Waals surface area contributed by atoms with E-state index in [4.69, 9.17) is 5.73 Å². The minimum Gasteiger partial charge on any atom is -0.324 e. The first-order valence-electron chi connectivity index (χ1n) is 6.27. The fraction of sp³-hybridized carbons (Fsp3) is 0.200. The van der Waals surface area contributed by atoms with Crippen LogP contribution in [-0.4, -0.2) is 14.7 Å². The van der Waals surface area contributed by atoms with Gasteiger partial charge in [-0.05, 0) is 47.9 Å². The first-order valence-corrected chi connectivity index (χ1v) is 8.95. The van der Waals surface area contributed by atoms with Crippen molar-refractivity contribution in [3.05, 3.63) is 63.9 Å². The van der Waals surface area contributed by atoms with E-state index in [0.717, 1.165) is 21.9 Å². The Balaban J connectivity index is 2.20. The van der Waals surface area contributed by atoms with Gasteiger partial charge in [0.2, 0.25) is 0 Å². The van der Waals surface area contributed by atoms with Gasteiger partial charge in [0.25, 0.3) is 0 Å². The number of hydrogen-bond donors (Lipinski definition) is 1. The van der Waals surface area contributed by atoms with E-state index in [2.05, 4.69) is 15.9 Å². The van der Waals surface area contributed by atoms with Crippen LogP contribution in [0.3, 0.4) is 0 Å². The van der Waals surface area contributed by atoms with E-state index in [-0.39, 0.29) is 16.8 Å². The molecule has 0 heterocycles. The zero-order valence-electron chi connectivity index (χ0n) is 11.4. The Morgan fingerprint density at radius 1 is 1.19 bits per heavy atom. The fourth-order valence-corrected chi connectivity index (χ4v) is 3.06. The molecule has 0 aliphatic rings. The van der Waals surface area contributed by atoms with Crippen LogP contribution in [-0.2, 0) is 16.3 Å². The molecule has 2 N–H and O–H groups in total. The van der Waals surface area contributed by atoms with Crippen molar-refractivity contribution < 1.29 is 12.8 Å². The largest absolute Gasteiger partial charge is 0.324 e. The molecule has 21 heavy (non-hydrogen) atoms. The van der Waals surface area contributed by atoms with Gasteiger partial charge in [0.15, 0.2) is 9.84 Å². The lowest BCUT2D eigenvalue weighted by Gasteiger charge is -2.14. The highest BCUT2D eigenvalue weighted by Gasteiger charge is 2.12. The van der Waals surface area contributed by atoms with E-state index in [1.54, 1.807) is 18.2 Å². The number of halogens is 2. The lowest BCUT2D eigenvalue weighted by molar-refractivity contribution is 0.601. The van der Waals surface area contributed by atoms with Crippen LogP contribution in [0.25, 0.3) is 0 Å². The Kier molecular flexibility index (Phi) is 4.81. The molecule has 0 saturated carbocycles. The molecule has 0 radical (unpaired) electrons. The van der Waals surface area contributed by atoms with E-state index < -0.39 is 9.84 Å². The van der Waals surface area contributed by atoms with Gasteiger partial charge >= 0.3 is 0 Å². The van der Waals surface area contributed by atoms with Gasteiger partial charge in [-0.3, -0.25) is 0 Å². The van der Waals surface area contributed by atoms with E-state index in [1.165, 1.54) is 24.3 Å². The first kappa shape index (κ1) is 16.1. The Labute approximate surface area is 132 Å². The van der Waals surface area contributed by atoms with Crippen molar-refractivity contribution in [1.29, 1.82) is 0 Å². The van der Waals surface area contributed by atoms with Crippen LogP contribution in [0.5, 0.6) is 0 Å². The number of sulfone groups is 1. The van der Waals surface area contributed by atoms with Gasteiger partial charge in [0.05, 0.1) is 4.90 Å². The summed E-state index contributed by atoms with van der Waals surface area (Å²) in [6.07, 6.45) is 1.61. The van der Waals surface area contributed by atoms with Gasteiger partial charge in [0.1, 0.15) is 5.82 Å². The average Bonchev–Trinajstić information content (AvgIpc) is 2.42. The summed E-state index contributed by atoms with van der Waals surface area (Å²) in [6, 6.07) is 10.6. The zero-order valence-corrected chi connectivity index (χ0v) is 13.8. The third kappa shape index (κ3) is 4.12. The summed E-state index contributed by atoms with van der Waals surface area (Å²) < 4.78 is 36.9. The highest BCUT2D eigenvalue weighted by atomic mass is 79.9. The monoisotopic (exact) mass is 371 g/mol. The van der Waals surface area contributed by atoms with Crippen molar-refractivity contribution in [3.63, 3.8) is 0 Å². The van der Waals surface area contributed by atoms with Gasteiger partial charge in [-0.1, -0.05) is 28.1 Å². The Morgan fingerprint density at radius 2 is 1.81 bits per heavy atom. The van der Waals surface area contributed by atoms with E-state index in [1.807, 2.05) is 0 Å². The van der Waals surface area contributed by atoms with Crippen LogP contribution in [0.1, 0.15) is 17.2 Å². The Bertz CT molecular complexity index is 745. The second-order valence-corrected chi connectivity index (χ2v) is 7.76. The second kappa shape index (κ2) is 6.25. The van der Waals surface area contributed by atoms with Crippen LogP contribution in [0, 0.1) is 5.82 Å². The predicted octanol–water partition coefficient (Wildman–Crippen LogP) is 3.23. The quantitative estimate of drug-likeness (QED) is 0.897. The number of nitrogens with two attached hydrogens (primary N) is 1. The van der Waals surface area contributed by atoms with E-state index in [0.29, 0.717) is 6.42 Å². The average molecular weight is 372 g/mol. The molecule has 6 heteroatoms. The molecule has 0 aliphatic carbocycles. The molecule has 0 fully saturated rings. The standard InChI is InChI=1S/C15H15BrFNO2S/c1-21(19,20)13-5-2-10(3-6-13)15(18)9-11-8-12(17)4-7-14(11)16/h2-8,15H,9,18H2,1H3. The molecule has 112 valence electrons. The molecule has 3 nitrogen and oxygen atoms in total. The minimum absolute atomic E-state index is 0.255. The second-order valence-electron chi connectivity index (χ2n) is 4.89. The van der Waals surface area contributed by atoms with E-state index in [9.17, 15) is 12.8 Å². The smallest absolute Gasteiger partial charge is 0.175 e. The minimum atomic E-state index is -3.21. The van der Waals surface area contributed by atoms with E-state index >= 15 is 0 Å². The molecule has 1 atom stereocenters. The third-order valence-electron chi connectivity index (χ3n) is 3.18. The highest BCUT2D eigenvalue weighted by molar-refractivity contribution is 9.10. The van der Waals surface area contributed by atoms with Crippen LogP contribution < -0.4 is 5.73 Å². The van der Waals surface area contributed by atoms with Crippen molar-refractivity contribution in [2.24, 2.45) is 5.73 Å². The number of rotatable bonds is 4. The summed E-state index contributed by atoms with van der Waals surface area (Å²) in [5.74, 6) is -0.312. The van der Waals surface area contributed by atoms with Crippen molar-refractivity contribution in [2.45, 2.75) is 17.4 Å². The predicted molar refractivity (Wildman–Crippen MR) is 84.3 cm³/mol. The maximum atomic E-state index is 13.3. The molecule has 2 aromatic rings. The van der Waals surface area contributed by atoms with Gasteiger partial charge in [-0.25, -0.2) is 12.8 Å². The topological polar surface area (TPSA) is 60.2 Å². The fourth-order valence-electron chi connectivity index (χ4n) is 2.02. The van der Waals surface area contributed by atoms with Crippen molar-refractivity contribution in [3.8, 4) is 0 Å². The summed E-state index contributed by atoms with van der Waals surface area (Å²) in [6.45, 7) is 0. The number of hydrogen-bond acceptors (Lipinski definition) is 3. The third-order valence-corrected chi connectivity index (χ3v) is 5.09. The first-order chi connectivity index (χ1) is 9.77. The highest BCUT2D eigenvalue weighted by Crippen LogP contribution is 2.24. The molecule has 0 amide bonds. The normalized spacial score (nSPS) is 13.1. The van der Waals surface area contributed by atoms with Crippen LogP contribution >= 0.6 is 15.9 Å². The van der Waals surface area contributed by atoms with Crippen molar-refractivity contribution >= 4 is 25.8 Å². The molecule has 2 aromatic carbocycles. The molecule has 0 bridgehead atoms. The van der Waals surface area contributed by atoms with Crippen LogP contribution in [0.2, 0.25) is 0 Å². The Morgan fingerprint density at radius 3 is 2.38 bits per heavy atom. The summed E-state index contributed by atoms with van der Waals surface area (Å²) in [4.78, 5) is 0.255. The summed E-state index contributed by atoms with van der Waals surface area (Å²) in [5.41, 5.74) is 7.69. The van der Waals surface area contributed by atoms with Crippen molar-refractivity contribution in [2.75, 3.05) is 6.26 Å². The van der Waals surface area contributed by atoms with Crippen LogP contribution in [0.4, 0.5) is 4.39 Å². The Hall–Kier alpha value is -1.24.